The van der Waals surface area contributed by atoms with Crippen LogP contribution in [0.1, 0.15) is 8.22 Å². The molecule has 46 heavy (non-hydrogen) atoms. The average Bonchev–Trinajstić information content (AvgIpc) is 3.18. The zero-order chi connectivity index (χ0) is 35.7. The number of benzene rings is 5. The lowest BCUT2D eigenvalue weighted by Gasteiger charge is -2.15. The Kier molecular flexibility index (Phi) is 4.78. The third-order valence-electron chi connectivity index (χ3n) is 8.29. The molecule has 0 aliphatic heterocycles. The van der Waals surface area contributed by atoms with Crippen molar-refractivity contribution in [3.8, 4) is 44.6 Å². The highest BCUT2D eigenvalue weighted by Crippen LogP contribution is 2.39. The number of fused-ring (bicyclic) bond motifs is 5. The van der Waals surface area contributed by atoms with Crippen LogP contribution in [0.5, 0.6) is 0 Å². The Bertz CT molecular complexity index is 2930. The maximum absolute atomic E-state index is 9.15. The van der Waals surface area contributed by atoms with Gasteiger partial charge < -0.3 is 0 Å². The van der Waals surface area contributed by atoms with Crippen LogP contribution in [0.3, 0.4) is 0 Å². The fourth-order valence-electron chi connectivity index (χ4n) is 6.01. The largest absolute Gasteiger partial charge is 0.256 e. The summed E-state index contributed by atoms with van der Waals surface area (Å²) >= 11 is 0. The Morgan fingerprint density at radius 1 is 0.500 bits per heavy atom. The van der Waals surface area contributed by atoms with E-state index >= 15 is 0 Å². The molecule has 9 rings (SSSR count). The van der Waals surface area contributed by atoms with Gasteiger partial charge in [-0.25, -0.2) is 4.98 Å². The van der Waals surface area contributed by atoms with Gasteiger partial charge in [0.05, 0.1) is 42.2 Å². The molecule has 0 amide bonds. The summed E-state index contributed by atoms with van der Waals surface area (Å²) in [5.74, 6) is 0. The van der Waals surface area contributed by atoms with Crippen LogP contribution >= 0.6 is 0 Å². The standard InChI is InChI=1S/C41H25N5/c1-2-6-26(7-3-1)37-18-16-29-12-14-32-22-33(25-43-40(32)41(29)45-37)34-17-15-30(31-13-11-27-19-21-44-46-38(27)24-31)23-36(34)35-10-4-8-28-9-5-20-42-39(28)35/h1-25H/i4D,5D,8D,9D,10D,20D. The molecule has 214 valence electrons. The third-order valence-corrected chi connectivity index (χ3v) is 8.29. The van der Waals surface area contributed by atoms with E-state index in [4.69, 9.17) is 18.2 Å². The van der Waals surface area contributed by atoms with Crippen molar-refractivity contribution < 1.29 is 8.22 Å². The molecular weight excluding hydrogens is 562 g/mol. The number of rotatable bonds is 4. The SMILES string of the molecule is [2H]c1nc2c(-c3cc(-c4ccc5ccnnc5c4)ccc3-c3cnc4c(ccc5ccc(-c6ccccc6)nc54)c3)c([2H])c([2H])c([2H])c2c([2H])c1[2H]. The van der Waals surface area contributed by atoms with Crippen LogP contribution in [0.2, 0.25) is 0 Å². The van der Waals surface area contributed by atoms with Crippen LogP contribution in [0.15, 0.2) is 152 Å². The van der Waals surface area contributed by atoms with Gasteiger partial charge >= 0.3 is 0 Å². The Morgan fingerprint density at radius 2 is 1.33 bits per heavy atom. The van der Waals surface area contributed by atoms with Crippen molar-refractivity contribution in [2.75, 3.05) is 0 Å². The highest BCUT2D eigenvalue weighted by atomic mass is 15.1. The number of pyridine rings is 3. The summed E-state index contributed by atoms with van der Waals surface area (Å²) < 4.78 is 51.8. The molecule has 0 spiro atoms. The summed E-state index contributed by atoms with van der Waals surface area (Å²) in [5.41, 5.74) is 7.84. The normalized spacial score (nSPS) is 13.3. The highest BCUT2D eigenvalue weighted by molar-refractivity contribution is 6.05. The highest BCUT2D eigenvalue weighted by Gasteiger charge is 2.15. The van der Waals surface area contributed by atoms with Gasteiger partial charge in [-0.1, -0.05) is 97.0 Å². The predicted molar refractivity (Wildman–Crippen MR) is 187 cm³/mol. The van der Waals surface area contributed by atoms with E-state index in [2.05, 4.69) is 15.2 Å². The molecule has 9 aromatic rings. The Balaban J connectivity index is 1.30. The van der Waals surface area contributed by atoms with E-state index in [0.717, 1.165) is 55.1 Å². The number of para-hydroxylation sites is 1. The minimum absolute atomic E-state index is 0.0438. The van der Waals surface area contributed by atoms with Crippen LogP contribution in [0, 0.1) is 0 Å². The fraction of sp³-hybridized carbons (Fsp3) is 0. The molecule has 0 saturated heterocycles. The summed E-state index contributed by atoms with van der Waals surface area (Å²) in [4.78, 5) is 14.3. The van der Waals surface area contributed by atoms with Crippen LogP contribution in [-0.2, 0) is 0 Å². The van der Waals surface area contributed by atoms with Crippen LogP contribution in [-0.4, -0.2) is 25.1 Å². The molecular formula is C41H25N5. The second kappa shape index (κ2) is 10.7. The fourth-order valence-corrected chi connectivity index (χ4v) is 6.01. The second-order valence-electron chi connectivity index (χ2n) is 11.0. The predicted octanol–water partition coefficient (Wildman–Crippen LogP) is 9.94. The van der Waals surface area contributed by atoms with Crippen molar-refractivity contribution in [1.29, 1.82) is 0 Å². The third kappa shape index (κ3) is 4.45. The van der Waals surface area contributed by atoms with Gasteiger partial charge in [0.1, 0.15) is 0 Å². The second-order valence-corrected chi connectivity index (χ2v) is 11.0. The van der Waals surface area contributed by atoms with Gasteiger partial charge in [-0.05, 0) is 58.6 Å². The van der Waals surface area contributed by atoms with E-state index in [1.54, 1.807) is 12.4 Å². The van der Waals surface area contributed by atoms with Gasteiger partial charge in [0, 0.05) is 50.6 Å². The molecule has 0 fully saturated rings. The molecule has 5 heteroatoms. The Hall–Kier alpha value is -6.33. The molecule has 0 bridgehead atoms. The van der Waals surface area contributed by atoms with E-state index in [9.17, 15) is 0 Å². The summed E-state index contributed by atoms with van der Waals surface area (Å²) in [7, 11) is 0. The molecule has 0 unspecified atom stereocenters. The molecule has 0 saturated carbocycles. The average molecular weight is 594 g/mol. The van der Waals surface area contributed by atoms with Crippen LogP contribution in [0.25, 0.3) is 88.2 Å². The lowest BCUT2D eigenvalue weighted by atomic mass is 9.90. The van der Waals surface area contributed by atoms with E-state index in [0.29, 0.717) is 16.6 Å². The number of hydrogen-bond donors (Lipinski definition) is 0. The quantitative estimate of drug-likeness (QED) is 0.190. The minimum atomic E-state index is -0.442. The Morgan fingerprint density at radius 3 is 2.28 bits per heavy atom. The molecule has 4 aromatic heterocycles. The molecule has 0 N–H and O–H groups in total. The molecule has 5 aromatic carbocycles. The van der Waals surface area contributed by atoms with Gasteiger partial charge in [0.25, 0.3) is 0 Å². The van der Waals surface area contributed by atoms with Crippen molar-refractivity contribution in [3.63, 3.8) is 0 Å². The van der Waals surface area contributed by atoms with E-state index in [1.165, 1.54) is 0 Å². The first-order valence-corrected chi connectivity index (χ1v) is 14.8. The molecule has 0 aliphatic carbocycles. The molecule has 0 aliphatic rings. The van der Waals surface area contributed by atoms with Crippen molar-refractivity contribution in [1.82, 2.24) is 25.1 Å². The Labute approximate surface area is 273 Å². The van der Waals surface area contributed by atoms with Crippen molar-refractivity contribution in [2.45, 2.75) is 0 Å². The van der Waals surface area contributed by atoms with Crippen LogP contribution in [0.4, 0.5) is 0 Å². The maximum atomic E-state index is 9.15. The topological polar surface area (TPSA) is 64.5 Å². The molecule has 5 nitrogen and oxygen atoms in total. The number of hydrogen-bond acceptors (Lipinski definition) is 5. The first kappa shape index (κ1) is 20.6. The van der Waals surface area contributed by atoms with Gasteiger partial charge in [-0.3, -0.25) is 9.97 Å². The number of aromatic nitrogens is 5. The van der Waals surface area contributed by atoms with Crippen molar-refractivity contribution in [3.05, 3.63) is 152 Å². The maximum Gasteiger partial charge on any atom is 0.0972 e. The monoisotopic (exact) mass is 593 g/mol. The lowest BCUT2D eigenvalue weighted by molar-refractivity contribution is 1.08. The van der Waals surface area contributed by atoms with Crippen molar-refractivity contribution in [2.24, 2.45) is 0 Å². The van der Waals surface area contributed by atoms with Gasteiger partial charge in [-0.15, -0.1) is 0 Å². The molecule has 0 radical (unpaired) electrons. The van der Waals surface area contributed by atoms with Gasteiger partial charge in [0.15, 0.2) is 0 Å². The minimum Gasteiger partial charge on any atom is -0.256 e. The number of nitrogens with zero attached hydrogens (tertiary/aromatic N) is 5. The van der Waals surface area contributed by atoms with Gasteiger partial charge in [0.2, 0.25) is 0 Å². The summed E-state index contributed by atoms with van der Waals surface area (Å²) in [6, 6.07) is 31.7. The van der Waals surface area contributed by atoms with Crippen molar-refractivity contribution >= 4 is 43.6 Å². The van der Waals surface area contributed by atoms with E-state index < -0.39 is 18.3 Å². The van der Waals surface area contributed by atoms with E-state index in [-0.39, 0.29) is 34.6 Å². The summed E-state index contributed by atoms with van der Waals surface area (Å²) in [6.45, 7) is 0. The lowest BCUT2D eigenvalue weighted by Crippen LogP contribution is -1.93. The van der Waals surface area contributed by atoms with Crippen LogP contribution < -0.4 is 0 Å². The zero-order valence-electron chi connectivity index (χ0n) is 30.2. The van der Waals surface area contributed by atoms with Gasteiger partial charge in [-0.2, -0.15) is 10.2 Å². The molecule has 4 heterocycles. The first-order valence-electron chi connectivity index (χ1n) is 17.8. The summed E-state index contributed by atoms with van der Waals surface area (Å²) in [5, 5.41) is 11.0. The van der Waals surface area contributed by atoms with E-state index in [1.807, 2.05) is 103 Å². The first-order chi connectivity index (χ1) is 25.3. The molecule has 0 atom stereocenters. The summed E-state index contributed by atoms with van der Waals surface area (Å²) in [6.07, 6.45) is 2.96. The zero-order valence-corrected chi connectivity index (χ0v) is 24.2. The smallest absolute Gasteiger partial charge is 0.0972 e.